The monoisotopic (exact) mass is 485 g/mol. The number of hydrogen-bond donors (Lipinski definition) is 1. The van der Waals surface area contributed by atoms with E-state index in [0.717, 1.165) is 39.9 Å². The quantitative estimate of drug-likeness (QED) is 0.374. The fourth-order valence-electron chi connectivity index (χ4n) is 4.31. The molecule has 0 saturated heterocycles. The zero-order chi connectivity index (χ0) is 24.5. The SMILES string of the molecule is COC(=O)C[C@@H]1N=C(c2ccc(NCc3ccccc3)cc2)c2c(sc(C)c2C)-n2c(C)nnc21. The maximum atomic E-state index is 12.3. The van der Waals surface area contributed by atoms with Crippen LogP contribution in [0.25, 0.3) is 5.00 Å². The van der Waals surface area contributed by atoms with Gasteiger partial charge in [0.2, 0.25) is 0 Å². The number of carbonyl (C=O) groups is 1. The van der Waals surface area contributed by atoms with Crippen LogP contribution in [0.5, 0.6) is 0 Å². The molecule has 8 heteroatoms. The minimum Gasteiger partial charge on any atom is -0.469 e. The Morgan fingerprint density at radius 2 is 1.80 bits per heavy atom. The fraction of sp³-hybridized carbons (Fsp3) is 0.259. The van der Waals surface area contributed by atoms with Crippen molar-refractivity contribution >= 4 is 28.7 Å². The number of nitrogens with one attached hydrogen (secondary N) is 1. The van der Waals surface area contributed by atoms with E-state index in [9.17, 15) is 4.79 Å². The Labute approximate surface area is 208 Å². The number of hydrogen-bond acceptors (Lipinski definition) is 7. The molecule has 0 fully saturated rings. The van der Waals surface area contributed by atoms with Crippen molar-refractivity contribution in [1.82, 2.24) is 14.8 Å². The van der Waals surface area contributed by atoms with Gasteiger partial charge in [-0.05, 0) is 44.0 Å². The summed E-state index contributed by atoms with van der Waals surface area (Å²) in [4.78, 5) is 18.6. The van der Waals surface area contributed by atoms with E-state index in [4.69, 9.17) is 9.73 Å². The molecule has 0 unspecified atom stereocenters. The van der Waals surface area contributed by atoms with Crippen LogP contribution < -0.4 is 5.32 Å². The van der Waals surface area contributed by atoms with Crippen LogP contribution in [0.3, 0.4) is 0 Å². The third-order valence-electron chi connectivity index (χ3n) is 6.32. The van der Waals surface area contributed by atoms with Crippen molar-refractivity contribution in [3.8, 4) is 5.00 Å². The first-order valence-electron chi connectivity index (χ1n) is 11.5. The summed E-state index contributed by atoms with van der Waals surface area (Å²) in [5, 5.41) is 13.2. The van der Waals surface area contributed by atoms with E-state index in [-0.39, 0.29) is 12.4 Å². The molecule has 178 valence electrons. The molecular formula is C27H27N5O2S. The number of anilines is 1. The maximum absolute atomic E-state index is 12.3. The highest BCUT2D eigenvalue weighted by molar-refractivity contribution is 7.15. The lowest BCUT2D eigenvalue weighted by Crippen LogP contribution is -2.12. The second-order valence-corrected chi connectivity index (χ2v) is 9.80. The predicted molar refractivity (Wildman–Crippen MR) is 139 cm³/mol. The molecule has 0 spiro atoms. The van der Waals surface area contributed by atoms with Gasteiger partial charge in [-0.15, -0.1) is 21.5 Å². The van der Waals surface area contributed by atoms with E-state index < -0.39 is 6.04 Å². The van der Waals surface area contributed by atoms with Gasteiger partial charge in [0.1, 0.15) is 16.9 Å². The standard InChI is InChI=1S/C27H27N5O2S/c1-16-17(2)35-27-24(16)25(29-22(14-23(33)34-4)26-31-30-18(3)32(26)27)20-10-12-21(13-11-20)28-15-19-8-6-5-7-9-19/h5-13,22,28H,14-15H2,1-4H3/t22-/m0/s1. The number of methoxy groups -OCH3 is 1. The van der Waals surface area contributed by atoms with E-state index in [2.05, 4.69) is 65.8 Å². The van der Waals surface area contributed by atoms with Crippen molar-refractivity contribution in [2.75, 3.05) is 12.4 Å². The largest absolute Gasteiger partial charge is 0.469 e. The first-order chi connectivity index (χ1) is 17.0. The van der Waals surface area contributed by atoms with Crippen LogP contribution in [0.15, 0.2) is 59.6 Å². The molecule has 1 aliphatic rings. The molecule has 0 amide bonds. The topological polar surface area (TPSA) is 81.4 Å². The first-order valence-corrected chi connectivity index (χ1v) is 12.3. The molecule has 0 radical (unpaired) electrons. The van der Waals surface area contributed by atoms with Gasteiger partial charge in [-0.2, -0.15) is 0 Å². The van der Waals surface area contributed by atoms with Crippen LogP contribution in [0.1, 0.15) is 51.2 Å². The summed E-state index contributed by atoms with van der Waals surface area (Å²) in [5.41, 5.74) is 6.34. The van der Waals surface area contributed by atoms with E-state index >= 15 is 0 Å². The van der Waals surface area contributed by atoms with Crippen LogP contribution in [0.2, 0.25) is 0 Å². The lowest BCUT2D eigenvalue weighted by atomic mass is 9.99. The van der Waals surface area contributed by atoms with E-state index in [1.165, 1.54) is 23.1 Å². The highest BCUT2D eigenvalue weighted by Gasteiger charge is 2.32. The van der Waals surface area contributed by atoms with Crippen LogP contribution in [0.4, 0.5) is 5.69 Å². The predicted octanol–water partition coefficient (Wildman–Crippen LogP) is 5.32. The van der Waals surface area contributed by atoms with E-state index in [1.54, 1.807) is 11.3 Å². The molecule has 2 aromatic heterocycles. The van der Waals surface area contributed by atoms with Crippen molar-refractivity contribution in [3.05, 3.63) is 93.4 Å². The van der Waals surface area contributed by atoms with Crippen molar-refractivity contribution < 1.29 is 9.53 Å². The number of fused-ring (bicyclic) bond motifs is 3. The highest BCUT2D eigenvalue weighted by Crippen LogP contribution is 2.39. The number of thiophene rings is 1. The van der Waals surface area contributed by atoms with Gasteiger partial charge in [0.05, 0.1) is 19.2 Å². The molecule has 0 saturated carbocycles. The fourth-order valence-corrected chi connectivity index (χ4v) is 5.53. The van der Waals surface area contributed by atoms with E-state index in [0.29, 0.717) is 5.82 Å². The van der Waals surface area contributed by atoms with Gasteiger partial charge in [-0.25, -0.2) is 0 Å². The second kappa shape index (κ2) is 9.46. The molecule has 1 N–H and O–H groups in total. The average molecular weight is 486 g/mol. The lowest BCUT2D eigenvalue weighted by Gasteiger charge is -2.12. The molecule has 0 aliphatic carbocycles. The Bertz CT molecular complexity index is 1400. The third-order valence-corrected chi connectivity index (χ3v) is 7.52. The van der Waals surface area contributed by atoms with Crippen molar-refractivity contribution in [1.29, 1.82) is 0 Å². The smallest absolute Gasteiger partial charge is 0.308 e. The highest BCUT2D eigenvalue weighted by atomic mass is 32.1. The average Bonchev–Trinajstić information content (AvgIpc) is 3.35. The molecule has 4 aromatic rings. The number of benzene rings is 2. The summed E-state index contributed by atoms with van der Waals surface area (Å²) < 4.78 is 7.01. The Balaban J connectivity index is 1.55. The zero-order valence-electron chi connectivity index (χ0n) is 20.2. The van der Waals surface area contributed by atoms with Crippen LogP contribution in [-0.2, 0) is 16.1 Å². The Hall–Kier alpha value is -3.78. The summed E-state index contributed by atoms with van der Waals surface area (Å²) in [7, 11) is 1.39. The Morgan fingerprint density at radius 3 is 2.51 bits per heavy atom. The maximum Gasteiger partial charge on any atom is 0.308 e. The summed E-state index contributed by atoms with van der Waals surface area (Å²) in [6.07, 6.45) is 0.0990. The van der Waals surface area contributed by atoms with Gasteiger partial charge in [0, 0.05) is 28.2 Å². The number of ether oxygens (including phenoxy) is 1. The zero-order valence-corrected chi connectivity index (χ0v) is 21.0. The molecule has 2 aromatic carbocycles. The normalized spacial score (nSPS) is 14.5. The first kappa shape index (κ1) is 23.0. The van der Waals surface area contributed by atoms with Crippen molar-refractivity contribution in [3.63, 3.8) is 0 Å². The van der Waals surface area contributed by atoms with E-state index in [1.807, 2.05) is 29.7 Å². The molecule has 1 aliphatic heterocycles. The number of aliphatic imine (C=N–C) groups is 1. The molecule has 1 atom stereocenters. The minimum atomic E-state index is -0.492. The number of aromatic nitrogens is 3. The van der Waals surface area contributed by atoms with Crippen molar-refractivity contribution in [2.45, 2.75) is 39.8 Å². The summed E-state index contributed by atoms with van der Waals surface area (Å²) in [6.45, 7) is 6.92. The van der Waals surface area contributed by atoms with Crippen LogP contribution in [0, 0.1) is 20.8 Å². The second-order valence-electron chi connectivity index (χ2n) is 8.59. The summed E-state index contributed by atoms with van der Waals surface area (Å²) in [5.74, 6) is 1.10. The molecular weight excluding hydrogens is 458 g/mol. The molecule has 0 bridgehead atoms. The number of rotatable bonds is 6. The van der Waals surface area contributed by atoms with Crippen LogP contribution >= 0.6 is 11.3 Å². The van der Waals surface area contributed by atoms with Gasteiger partial charge >= 0.3 is 5.97 Å². The minimum absolute atomic E-state index is 0.0990. The Morgan fingerprint density at radius 1 is 1.06 bits per heavy atom. The van der Waals surface area contributed by atoms with Gasteiger partial charge in [-0.1, -0.05) is 42.5 Å². The van der Waals surface area contributed by atoms with Gasteiger partial charge in [-0.3, -0.25) is 14.4 Å². The number of nitrogens with zero attached hydrogens (tertiary/aromatic N) is 4. The molecule has 35 heavy (non-hydrogen) atoms. The number of aryl methyl sites for hydroxylation is 2. The summed E-state index contributed by atoms with van der Waals surface area (Å²) in [6, 6.07) is 18.1. The molecule has 3 heterocycles. The molecule has 5 rings (SSSR count). The van der Waals surface area contributed by atoms with Crippen LogP contribution in [-0.4, -0.2) is 33.6 Å². The Kier molecular flexibility index (Phi) is 6.21. The lowest BCUT2D eigenvalue weighted by molar-refractivity contribution is -0.141. The summed E-state index contributed by atoms with van der Waals surface area (Å²) >= 11 is 1.70. The van der Waals surface area contributed by atoms with Gasteiger partial charge in [0.15, 0.2) is 5.82 Å². The van der Waals surface area contributed by atoms with Crippen molar-refractivity contribution in [2.24, 2.45) is 4.99 Å². The third kappa shape index (κ3) is 4.37. The van der Waals surface area contributed by atoms with Gasteiger partial charge in [0.25, 0.3) is 0 Å². The number of carbonyl (C=O) groups excluding carboxylic acids is 1. The molecule has 7 nitrogen and oxygen atoms in total. The number of esters is 1. The van der Waals surface area contributed by atoms with Gasteiger partial charge < -0.3 is 10.1 Å².